The average molecular weight is 285 g/mol. The van der Waals surface area contributed by atoms with Crippen LogP contribution in [0.5, 0.6) is 0 Å². The van der Waals surface area contributed by atoms with E-state index in [2.05, 4.69) is 0 Å². The Morgan fingerprint density at radius 2 is 1.95 bits per heavy atom. The number of carboxylic acid groups (broad SMARTS) is 1. The number of ether oxygens (including phenoxy) is 1. The highest BCUT2D eigenvalue weighted by atomic mass is 16.5. The van der Waals surface area contributed by atoms with E-state index in [0.717, 1.165) is 6.42 Å². The van der Waals surface area contributed by atoms with Crippen LogP contribution in [-0.2, 0) is 14.3 Å². The number of rotatable bonds is 7. The van der Waals surface area contributed by atoms with Crippen molar-refractivity contribution < 1.29 is 19.4 Å². The number of carboxylic acids is 1. The summed E-state index contributed by atoms with van der Waals surface area (Å²) in [6, 6.07) is 0. The van der Waals surface area contributed by atoms with Crippen LogP contribution >= 0.6 is 0 Å². The van der Waals surface area contributed by atoms with Crippen LogP contribution in [0, 0.1) is 5.41 Å². The van der Waals surface area contributed by atoms with Gasteiger partial charge in [0.25, 0.3) is 0 Å². The predicted molar refractivity (Wildman–Crippen MR) is 76.5 cm³/mol. The van der Waals surface area contributed by atoms with Crippen LogP contribution in [0.3, 0.4) is 0 Å². The number of hydrogen-bond acceptors (Lipinski definition) is 3. The molecule has 0 aromatic heterocycles. The monoisotopic (exact) mass is 285 g/mol. The average Bonchev–Trinajstić information content (AvgIpc) is 2.45. The summed E-state index contributed by atoms with van der Waals surface area (Å²) in [5, 5.41) is 9.43. The third kappa shape index (κ3) is 4.20. The molecule has 20 heavy (non-hydrogen) atoms. The lowest BCUT2D eigenvalue weighted by Gasteiger charge is -2.39. The quantitative estimate of drug-likeness (QED) is 0.779. The second-order valence-electron chi connectivity index (χ2n) is 5.80. The summed E-state index contributed by atoms with van der Waals surface area (Å²) in [5.41, 5.74) is -0.620. The van der Waals surface area contributed by atoms with Gasteiger partial charge in [-0.15, -0.1) is 0 Å². The van der Waals surface area contributed by atoms with Crippen LogP contribution in [0.1, 0.15) is 52.4 Å². The van der Waals surface area contributed by atoms with E-state index >= 15 is 0 Å². The maximum atomic E-state index is 12.1. The van der Waals surface area contributed by atoms with Gasteiger partial charge < -0.3 is 14.7 Å². The fraction of sp³-hybridized carbons (Fsp3) is 0.867. The molecule has 1 rings (SSSR count). The molecule has 0 aromatic carbocycles. The highest BCUT2D eigenvalue weighted by Crippen LogP contribution is 2.36. The van der Waals surface area contributed by atoms with Gasteiger partial charge in [-0.05, 0) is 32.6 Å². The van der Waals surface area contributed by atoms with E-state index in [4.69, 9.17) is 4.74 Å². The molecule has 1 fully saturated rings. The fourth-order valence-electron chi connectivity index (χ4n) is 2.84. The van der Waals surface area contributed by atoms with Crippen LogP contribution in [0.15, 0.2) is 0 Å². The Bertz CT molecular complexity index is 335. The summed E-state index contributed by atoms with van der Waals surface area (Å²) in [6.07, 6.45) is 3.98. The maximum Gasteiger partial charge on any atom is 0.309 e. The van der Waals surface area contributed by atoms with Crippen molar-refractivity contribution in [3.8, 4) is 0 Å². The van der Waals surface area contributed by atoms with Crippen molar-refractivity contribution in [1.29, 1.82) is 0 Å². The zero-order chi connectivity index (χ0) is 15.2. The van der Waals surface area contributed by atoms with Gasteiger partial charge in [-0.3, -0.25) is 9.59 Å². The summed E-state index contributed by atoms with van der Waals surface area (Å²) in [6.45, 7) is 5.08. The topological polar surface area (TPSA) is 66.8 Å². The lowest BCUT2D eigenvalue weighted by atomic mass is 9.75. The van der Waals surface area contributed by atoms with Gasteiger partial charge in [0.05, 0.1) is 11.5 Å². The van der Waals surface area contributed by atoms with Gasteiger partial charge in [0, 0.05) is 26.6 Å². The van der Waals surface area contributed by atoms with Crippen molar-refractivity contribution in [2.24, 2.45) is 5.41 Å². The SMILES string of the molecule is CCCC1(C(=O)O)CCN(C(=O)CCC(C)OC)CC1. The van der Waals surface area contributed by atoms with Crippen molar-refractivity contribution in [1.82, 2.24) is 4.90 Å². The molecule has 1 aliphatic heterocycles. The minimum Gasteiger partial charge on any atom is -0.481 e. The summed E-state index contributed by atoms with van der Waals surface area (Å²) in [4.78, 5) is 25.4. The number of likely N-dealkylation sites (tertiary alicyclic amines) is 1. The number of aliphatic carboxylic acids is 1. The number of carbonyl (C=O) groups is 2. The first kappa shape index (κ1) is 17.0. The first-order valence-electron chi connectivity index (χ1n) is 7.49. The first-order chi connectivity index (χ1) is 9.45. The molecule has 1 amide bonds. The molecular formula is C15H27NO4. The van der Waals surface area contributed by atoms with Crippen molar-refractivity contribution in [3.63, 3.8) is 0 Å². The molecule has 1 atom stereocenters. The largest absolute Gasteiger partial charge is 0.481 e. The summed E-state index contributed by atoms with van der Waals surface area (Å²) >= 11 is 0. The Morgan fingerprint density at radius 1 is 1.35 bits per heavy atom. The van der Waals surface area contributed by atoms with Crippen molar-refractivity contribution >= 4 is 11.9 Å². The molecule has 1 unspecified atom stereocenters. The fourth-order valence-corrected chi connectivity index (χ4v) is 2.84. The van der Waals surface area contributed by atoms with Crippen LogP contribution < -0.4 is 0 Å². The minimum absolute atomic E-state index is 0.0851. The lowest BCUT2D eigenvalue weighted by Crippen LogP contribution is -2.46. The molecule has 0 radical (unpaired) electrons. The van der Waals surface area contributed by atoms with Gasteiger partial charge in [-0.25, -0.2) is 0 Å². The van der Waals surface area contributed by atoms with E-state index in [1.807, 2.05) is 13.8 Å². The van der Waals surface area contributed by atoms with E-state index in [1.165, 1.54) is 0 Å². The number of hydrogen-bond donors (Lipinski definition) is 1. The van der Waals surface area contributed by atoms with Gasteiger partial charge in [0.2, 0.25) is 5.91 Å². The summed E-state index contributed by atoms with van der Waals surface area (Å²) in [5.74, 6) is -0.594. The smallest absolute Gasteiger partial charge is 0.309 e. The number of piperidine rings is 1. The molecule has 0 bridgehead atoms. The standard InChI is InChI=1S/C15H27NO4/c1-4-7-15(14(18)19)8-10-16(11-9-15)13(17)6-5-12(2)20-3/h12H,4-11H2,1-3H3,(H,18,19). The van der Waals surface area contributed by atoms with Crippen molar-refractivity contribution in [2.45, 2.75) is 58.5 Å². The maximum absolute atomic E-state index is 12.1. The van der Waals surface area contributed by atoms with Gasteiger partial charge in [0.1, 0.15) is 0 Å². The number of carbonyl (C=O) groups excluding carboxylic acids is 1. The van der Waals surface area contributed by atoms with Crippen molar-refractivity contribution in [3.05, 3.63) is 0 Å². The predicted octanol–water partition coefficient (Wildman–Crippen LogP) is 2.29. The lowest BCUT2D eigenvalue weighted by molar-refractivity contribution is -0.155. The molecular weight excluding hydrogens is 258 g/mol. The van der Waals surface area contributed by atoms with Crippen LogP contribution in [0.25, 0.3) is 0 Å². The van der Waals surface area contributed by atoms with Crippen LogP contribution in [-0.4, -0.2) is 48.2 Å². The zero-order valence-corrected chi connectivity index (χ0v) is 12.9. The van der Waals surface area contributed by atoms with E-state index in [1.54, 1.807) is 12.0 Å². The highest BCUT2D eigenvalue weighted by molar-refractivity contribution is 5.78. The highest BCUT2D eigenvalue weighted by Gasteiger charge is 2.41. The molecule has 0 aromatic rings. The summed E-state index contributed by atoms with van der Waals surface area (Å²) < 4.78 is 5.14. The Labute approximate surface area is 121 Å². The Kier molecular flexibility index (Phi) is 6.46. The van der Waals surface area contributed by atoms with E-state index in [9.17, 15) is 14.7 Å². The summed E-state index contributed by atoms with van der Waals surface area (Å²) in [7, 11) is 1.64. The number of methoxy groups -OCH3 is 1. The Balaban J connectivity index is 2.48. The number of nitrogens with zero attached hydrogens (tertiary/aromatic N) is 1. The van der Waals surface area contributed by atoms with E-state index in [-0.39, 0.29) is 12.0 Å². The van der Waals surface area contributed by atoms with Crippen molar-refractivity contribution in [2.75, 3.05) is 20.2 Å². The van der Waals surface area contributed by atoms with Gasteiger partial charge >= 0.3 is 5.97 Å². The Hall–Kier alpha value is -1.10. The van der Waals surface area contributed by atoms with Crippen LogP contribution in [0.4, 0.5) is 0 Å². The molecule has 0 aliphatic carbocycles. The molecule has 1 saturated heterocycles. The minimum atomic E-state index is -0.709. The van der Waals surface area contributed by atoms with Gasteiger partial charge in [-0.2, -0.15) is 0 Å². The molecule has 5 nitrogen and oxygen atoms in total. The molecule has 1 N–H and O–H groups in total. The van der Waals surface area contributed by atoms with Crippen LogP contribution in [0.2, 0.25) is 0 Å². The first-order valence-corrected chi connectivity index (χ1v) is 7.49. The molecule has 5 heteroatoms. The zero-order valence-electron chi connectivity index (χ0n) is 12.9. The molecule has 116 valence electrons. The van der Waals surface area contributed by atoms with Gasteiger partial charge in [-0.1, -0.05) is 13.3 Å². The normalized spacial score (nSPS) is 19.6. The second-order valence-corrected chi connectivity index (χ2v) is 5.80. The second kappa shape index (κ2) is 7.62. The van der Waals surface area contributed by atoms with E-state index < -0.39 is 11.4 Å². The Morgan fingerprint density at radius 3 is 2.40 bits per heavy atom. The molecule has 1 heterocycles. The third-order valence-electron chi connectivity index (χ3n) is 4.42. The molecule has 1 aliphatic rings. The molecule has 0 saturated carbocycles. The van der Waals surface area contributed by atoms with E-state index in [0.29, 0.717) is 45.2 Å². The molecule has 0 spiro atoms. The van der Waals surface area contributed by atoms with Gasteiger partial charge in [0.15, 0.2) is 0 Å². The third-order valence-corrected chi connectivity index (χ3v) is 4.42. The number of amides is 1.